The molecule has 0 unspecified atom stereocenters. The molecule has 0 aliphatic heterocycles. The molecule has 0 saturated carbocycles. The van der Waals surface area contributed by atoms with Gasteiger partial charge in [-0.2, -0.15) is 4.98 Å². The zero-order chi connectivity index (χ0) is 33.5. The molecule has 6 aromatic rings. The number of nitrogens with one attached hydrogen (secondary N) is 1. The maximum absolute atomic E-state index is 13.4. The number of nitro groups is 1. The summed E-state index contributed by atoms with van der Waals surface area (Å²) < 4.78 is 20.9. The van der Waals surface area contributed by atoms with Crippen LogP contribution in [0.5, 0.6) is 11.5 Å². The highest BCUT2D eigenvalue weighted by Gasteiger charge is 2.14. The van der Waals surface area contributed by atoms with Crippen LogP contribution in [0.3, 0.4) is 0 Å². The minimum absolute atomic E-state index is 0.0337. The quantitative estimate of drug-likeness (QED) is 0.0673. The fourth-order valence-corrected chi connectivity index (χ4v) is 5.54. The lowest BCUT2D eigenvalue weighted by atomic mass is 10.1. The number of hydrogen-bond acceptors (Lipinski definition) is 9. The van der Waals surface area contributed by atoms with Crippen LogP contribution in [0.2, 0.25) is 0 Å². The molecule has 0 aliphatic rings. The van der Waals surface area contributed by atoms with Gasteiger partial charge in [0.05, 0.1) is 4.92 Å². The van der Waals surface area contributed by atoms with E-state index in [-0.39, 0.29) is 29.4 Å². The van der Waals surface area contributed by atoms with Gasteiger partial charge in [0.2, 0.25) is 0 Å². The summed E-state index contributed by atoms with van der Waals surface area (Å²) in [5, 5.41) is 14.1. The number of carbonyl (C=O) groups is 1. The van der Waals surface area contributed by atoms with Crippen molar-refractivity contribution in [2.45, 2.75) is 17.3 Å². The fraction of sp³-hybridized carbons (Fsp3) is 0.0571. The number of aromatic nitrogens is 4. The molecule has 2 heterocycles. The number of nitrogens with zero attached hydrogens (tertiary/aromatic N) is 5. The minimum Gasteiger partial charge on any atom is -0.457 e. The Balaban J connectivity index is 1.18. The summed E-state index contributed by atoms with van der Waals surface area (Å²) in [6.07, 6.45) is 6.71. The van der Waals surface area contributed by atoms with Gasteiger partial charge in [0, 0.05) is 65.4 Å². The third-order valence-electron chi connectivity index (χ3n) is 7.06. The molecule has 6 rings (SSSR count). The summed E-state index contributed by atoms with van der Waals surface area (Å²) in [6.45, 7) is 0. The van der Waals surface area contributed by atoms with Crippen LogP contribution in [-0.2, 0) is 12.2 Å². The monoisotopic (exact) mass is 660 g/mol. The molecule has 238 valence electrons. The van der Waals surface area contributed by atoms with Crippen molar-refractivity contribution in [1.29, 1.82) is 0 Å². The van der Waals surface area contributed by atoms with Crippen molar-refractivity contribution in [3.63, 3.8) is 0 Å². The fourth-order valence-electron chi connectivity index (χ4n) is 4.61. The SMILES string of the molecule is O=C(Nc1ccc(Oc2ccc([N+](=O)[O-])cc2)cc1)c1ccc(-n2cc(Cc3cncnc3)c(=O)nc2SCc2ccc(F)cc2)cc1. The number of benzene rings is 4. The van der Waals surface area contributed by atoms with Crippen molar-refractivity contribution in [1.82, 2.24) is 19.5 Å². The first-order valence-corrected chi connectivity index (χ1v) is 15.5. The van der Waals surface area contributed by atoms with E-state index in [1.807, 2.05) is 0 Å². The lowest BCUT2D eigenvalue weighted by molar-refractivity contribution is -0.384. The second-order valence-corrected chi connectivity index (χ2v) is 11.4. The molecule has 4 aromatic carbocycles. The van der Waals surface area contributed by atoms with Crippen LogP contribution in [0.4, 0.5) is 15.8 Å². The van der Waals surface area contributed by atoms with E-state index in [2.05, 4.69) is 20.3 Å². The van der Waals surface area contributed by atoms with Gasteiger partial charge in [-0.3, -0.25) is 24.3 Å². The lowest BCUT2D eigenvalue weighted by Gasteiger charge is -2.15. The number of rotatable bonds is 11. The van der Waals surface area contributed by atoms with Crippen LogP contribution in [0.1, 0.15) is 27.0 Å². The zero-order valence-corrected chi connectivity index (χ0v) is 25.8. The number of amides is 1. The van der Waals surface area contributed by atoms with Gasteiger partial charge in [0.25, 0.3) is 17.2 Å². The highest BCUT2D eigenvalue weighted by molar-refractivity contribution is 7.98. The van der Waals surface area contributed by atoms with Gasteiger partial charge in [0.15, 0.2) is 5.16 Å². The van der Waals surface area contributed by atoms with E-state index in [1.165, 1.54) is 54.5 Å². The van der Waals surface area contributed by atoms with Gasteiger partial charge in [-0.05, 0) is 83.9 Å². The average Bonchev–Trinajstić information content (AvgIpc) is 3.10. The molecule has 0 saturated heterocycles. The van der Waals surface area contributed by atoms with Gasteiger partial charge in [-0.25, -0.2) is 14.4 Å². The van der Waals surface area contributed by atoms with Crippen molar-refractivity contribution in [3.8, 4) is 17.2 Å². The maximum atomic E-state index is 13.4. The normalized spacial score (nSPS) is 10.8. The molecule has 11 nitrogen and oxygen atoms in total. The molecule has 48 heavy (non-hydrogen) atoms. The van der Waals surface area contributed by atoms with Gasteiger partial charge in [-0.1, -0.05) is 23.9 Å². The van der Waals surface area contributed by atoms with E-state index in [0.29, 0.717) is 44.9 Å². The molecule has 1 amide bonds. The molecule has 0 spiro atoms. The van der Waals surface area contributed by atoms with Crippen LogP contribution in [0.25, 0.3) is 5.69 Å². The van der Waals surface area contributed by atoms with Crippen LogP contribution >= 0.6 is 11.8 Å². The van der Waals surface area contributed by atoms with Crippen LogP contribution in [0, 0.1) is 15.9 Å². The Bertz CT molecular complexity index is 2110. The number of non-ortho nitro benzene ring substituents is 1. The summed E-state index contributed by atoms with van der Waals surface area (Å²) in [7, 11) is 0. The van der Waals surface area contributed by atoms with Crippen molar-refractivity contribution < 1.29 is 18.8 Å². The number of halogens is 1. The summed E-state index contributed by atoms with van der Waals surface area (Å²) in [6, 6.07) is 25.5. The average molecular weight is 661 g/mol. The molecular formula is C35H25FN6O5S. The molecule has 1 N–H and O–H groups in total. The summed E-state index contributed by atoms with van der Waals surface area (Å²) in [5.74, 6) is 0.723. The van der Waals surface area contributed by atoms with E-state index in [1.54, 1.807) is 83.8 Å². The van der Waals surface area contributed by atoms with E-state index in [9.17, 15) is 24.1 Å². The number of thioether (sulfide) groups is 1. The van der Waals surface area contributed by atoms with E-state index >= 15 is 0 Å². The Morgan fingerprint density at radius 1 is 0.875 bits per heavy atom. The summed E-state index contributed by atoms with van der Waals surface area (Å²) in [4.78, 5) is 48.9. The molecule has 0 aliphatic carbocycles. The number of nitro benzene ring substituents is 1. The van der Waals surface area contributed by atoms with E-state index in [4.69, 9.17) is 4.74 Å². The number of carbonyl (C=O) groups excluding carboxylic acids is 1. The van der Waals surface area contributed by atoms with Crippen LogP contribution < -0.4 is 15.6 Å². The van der Waals surface area contributed by atoms with Gasteiger partial charge < -0.3 is 10.1 Å². The summed E-state index contributed by atoms with van der Waals surface area (Å²) >= 11 is 1.33. The third kappa shape index (κ3) is 7.95. The molecule has 2 aromatic heterocycles. The predicted molar refractivity (Wildman–Crippen MR) is 178 cm³/mol. The maximum Gasteiger partial charge on any atom is 0.277 e. The standard InChI is InChI=1S/C35H25FN6O5S/c36-27-5-1-23(2-6-27)21-48-35-40-34(44)26(17-24-18-37-22-38-19-24)20-41(35)29-9-3-25(4-10-29)33(43)39-28-7-13-31(14-8-28)47-32-15-11-30(12-16-32)42(45)46/h1-16,18-20,22H,17,21H2,(H,39,43). The van der Waals surface area contributed by atoms with Crippen molar-refractivity contribution in [3.05, 3.63) is 171 Å². The first kappa shape index (κ1) is 31.8. The Kier molecular flexibility index (Phi) is 9.58. The van der Waals surface area contributed by atoms with E-state index < -0.39 is 4.92 Å². The zero-order valence-electron chi connectivity index (χ0n) is 25.0. The number of anilines is 1. The number of ether oxygens (including phenoxy) is 1. The number of hydrogen-bond donors (Lipinski definition) is 1. The molecule has 0 atom stereocenters. The van der Waals surface area contributed by atoms with Crippen molar-refractivity contribution in [2.24, 2.45) is 0 Å². The van der Waals surface area contributed by atoms with Gasteiger partial charge >= 0.3 is 0 Å². The van der Waals surface area contributed by atoms with Crippen molar-refractivity contribution >= 4 is 29.0 Å². The topological polar surface area (TPSA) is 142 Å². The second kappa shape index (κ2) is 14.5. The molecule has 0 bridgehead atoms. The molecular weight excluding hydrogens is 635 g/mol. The Morgan fingerprint density at radius 3 is 2.17 bits per heavy atom. The first-order chi connectivity index (χ1) is 23.3. The highest BCUT2D eigenvalue weighted by atomic mass is 32.2. The Morgan fingerprint density at radius 2 is 1.52 bits per heavy atom. The highest BCUT2D eigenvalue weighted by Crippen LogP contribution is 2.27. The minimum atomic E-state index is -0.483. The van der Waals surface area contributed by atoms with E-state index in [0.717, 1.165) is 11.1 Å². The van der Waals surface area contributed by atoms with Crippen molar-refractivity contribution in [2.75, 3.05) is 5.32 Å². The largest absolute Gasteiger partial charge is 0.457 e. The van der Waals surface area contributed by atoms with Gasteiger partial charge in [-0.15, -0.1) is 0 Å². The lowest BCUT2D eigenvalue weighted by Crippen LogP contribution is -2.19. The molecule has 0 radical (unpaired) electrons. The molecule has 0 fully saturated rings. The first-order valence-electron chi connectivity index (χ1n) is 14.5. The summed E-state index contributed by atoms with van der Waals surface area (Å²) in [5.41, 5.74) is 3.28. The predicted octanol–water partition coefficient (Wildman–Crippen LogP) is 7.00. The smallest absolute Gasteiger partial charge is 0.277 e. The third-order valence-corrected chi connectivity index (χ3v) is 8.08. The Hall–Kier alpha value is -6.21. The van der Waals surface area contributed by atoms with Crippen LogP contribution in [-0.4, -0.2) is 30.3 Å². The molecule has 13 heteroatoms. The Labute approximate surface area is 277 Å². The van der Waals surface area contributed by atoms with Crippen LogP contribution in [0.15, 0.2) is 132 Å². The second-order valence-electron chi connectivity index (χ2n) is 10.4. The van der Waals surface area contributed by atoms with Gasteiger partial charge in [0.1, 0.15) is 23.6 Å².